The molecule has 0 aromatic heterocycles. The summed E-state index contributed by atoms with van der Waals surface area (Å²) in [5.41, 5.74) is -1.84. The Morgan fingerprint density at radius 3 is 1.51 bits per heavy atom. The molecule has 37 heavy (non-hydrogen) atoms. The molecule has 3 rings (SSSR count). The third-order valence-electron chi connectivity index (χ3n) is 5.60. The van der Waals surface area contributed by atoms with Crippen molar-refractivity contribution in [3.63, 3.8) is 0 Å². The Kier molecular flexibility index (Phi) is 8.05. The normalized spacial score (nSPS) is 23.7. The Bertz CT molecular complexity index is 1160. The van der Waals surface area contributed by atoms with Crippen molar-refractivity contribution in [3.8, 4) is 23.0 Å². The first-order chi connectivity index (χ1) is 17.4. The molecular formula is C25H24O12. The first kappa shape index (κ1) is 27.0. The van der Waals surface area contributed by atoms with Crippen LogP contribution in [0.5, 0.6) is 23.0 Å². The average molecular weight is 516 g/mol. The van der Waals surface area contributed by atoms with E-state index in [0.717, 1.165) is 12.2 Å². The molecule has 1 aliphatic rings. The van der Waals surface area contributed by atoms with Gasteiger partial charge in [-0.25, -0.2) is 14.4 Å². The number of aliphatic carboxylic acids is 1. The molecule has 0 saturated heterocycles. The second-order valence-electron chi connectivity index (χ2n) is 8.35. The molecule has 2 atom stereocenters. The molecule has 12 nitrogen and oxygen atoms in total. The number of ether oxygens (including phenoxy) is 2. The van der Waals surface area contributed by atoms with Gasteiger partial charge in [0.05, 0.1) is 0 Å². The van der Waals surface area contributed by atoms with Crippen molar-refractivity contribution >= 4 is 30.1 Å². The van der Waals surface area contributed by atoms with Crippen LogP contribution in [0.3, 0.4) is 0 Å². The van der Waals surface area contributed by atoms with Gasteiger partial charge in [0.2, 0.25) is 0 Å². The van der Waals surface area contributed by atoms with E-state index in [0.29, 0.717) is 11.1 Å². The van der Waals surface area contributed by atoms with Crippen LogP contribution < -0.4 is 0 Å². The number of carbonyl (C=O) groups excluding carboxylic acids is 2. The van der Waals surface area contributed by atoms with E-state index in [4.69, 9.17) is 9.47 Å². The maximum Gasteiger partial charge on any atom is 0.335 e. The van der Waals surface area contributed by atoms with E-state index < -0.39 is 66.2 Å². The lowest BCUT2D eigenvalue weighted by Gasteiger charge is -2.40. The Hall–Kier alpha value is -4.55. The third kappa shape index (κ3) is 6.78. The minimum Gasteiger partial charge on any atom is -0.504 e. The number of carboxylic acid groups (broad SMARTS) is 1. The fraction of sp³-hybridized carbons (Fsp3) is 0.240. The van der Waals surface area contributed by atoms with Crippen LogP contribution in [0.1, 0.15) is 24.0 Å². The van der Waals surface area contributed by atoms with Gasteiger partial charge in [-0.3, -0.25) is 0 Å². The molecule has 2 aromatic rings. The molecule has 0 heterocycles. The average Bonchev–Trinajstić information content (AvgIpc) is 2.83. The van der Waals surface area contributed by atoms with Gasteiger partial charge in [0, 0.05) is 25.0 Å². The topological polar surface area (TPSA) is 211 Å². The number of hydrogen-bond donors (Lipinski definition) is 7. The van der Waals surface area contributed by atoms with Crippen molar-refractivity contribution in [2.75, 3.05) is 0 Å². The lowest BCUT2D eigenvalue weighted by Crippen LogP contribution is -2.58. The molecule has 0 bridgehead atoms. The minimum absolute atomic E-state index is 0.319. The molecule has 2 aromatic carbocycles. The van der Waals surface area contributed by atoms with Crippen LogP contribution in [0.2, 0.25) is 0 Å². The summed E-state index contributed by atoms with van der Waals surface area (Å²) in [6.07, 6.45) is -1.86. The zero-order chi connectivity index (χ0) is 27.3. The Balaban J connectivity index is 1.71. The van der Waals surface area contributed by atoms with Crippen LogP contribution in [0.25, 0.3) is 12.2 Å². The molecule has 12 heteroatoms. The first-order valence-electron chi connectivity index (χ1n) is 10.8. The maximum atomic E-state index is 12.3. The van der Waals surface area contributed by atoms with E-state index in [1.807, 2.05) is 0 Å². The number of carboxylic acids is 1. The standard InChI is InChI=1S/C25H24O12/c26-15-5-1-13(9-17(15)28)3-7-21(30)36-19-11-25(35,24(33)34)12-20(23(19)32)37-22(31)8-4-14-2-6-16(27)18(29)10-14/h1-10,19-20,23,26-29,32,35H,11-12H2,(H,33,34)/b7-3+,8-4+/t19-,20-,23?,25?/m1/s1. The lowest BCUT2D eigenvalue weighted by molar-refractivity contribution is -0.203. The van der Waals surface area contributed by atoms with Crippen molar-refractivity contribution in [3.05, 3.63) is 59.7 Å². The smallest absolute Gasteiger partial charge is 0.335 e. The molecular weight excluding hydrogens is 492 g/mol. The highest BCUT2D eigenvalue weighted by atomic mass is 16.6. The fourth-order valence-electron chi connectivity index (χ4n) is 3.62. The maximum absolute atomic E-state index is 12.3. The number of carbonyl (C=O) groups is 3. The molecule has 1 aliphatic carbocycles. The Morgan fingerprint density at radius 2 is 1.16 bits per heavy atom. The summed E-state index contributed by atoms with van der Waals surface area (Å²) >= 11 is 0. The molecule has 7 N–H and O–H groups in total. The second-order valence-corrected chi connectivity index (χ2v) is 8.35. The zero-order valence-electron chi connectivity index (χ0n) is 19.1. The highest BCUT2D eigenvalue weighted by Gasteiger charge is 2.52. The number of aliphatic hydroxyl groups excluding tert-OH is 1. The van der Waals surface area contributed by atoms with E-state index in [1.54, 1.807) is 0 Å². The zero-order valence-corrected chi connectivity index (χ0v) is 19.1. The third-order valence-corrected chi connectivity index (χ3v) is 5.60. The van der Waals surface area contributed by atoms with Crippen LogP contribution in [-0.4, -0.2) is 77.6 Å². The highest BCUT2D eigenvalue weighted by molar-refractivity contribution is 5.88. The van der Waals surface area contributed by atoms with E-state index in [9.17, 15) is 50.1 Å². The number of benzene rings is 2. The summed E-state index contributed by atoms with van der Waals surface area (Å²) in [5.74, 6) is -5.31. The number of phenolic OH excluding ortho intramolecular Hbond substituents is 4. The predicted octanol–water partition coefficient (Wildman–Crippen LogP) is 1.03. The van der Waals surface area contributed by atoms with Crippen molar-refractivity contribution in [1.29, 1.82) is 0 Å². The van der Waals surface area contributed by atoms with Crippen molar-refractivity contribution in [1.82, 2.24) is 0 Å². The monoisotopic (exact) mass is 516 g/mol. The quantitative estimate of drug-likeness (QED) is 0.156. The van der Waals surface area contributed by atoms with Gasteiger partial charge in [0.25, 0.3) is 0 Å². The number of esters is 2. The van der Waals surface area contributed by atoms with Gasteiger partial charge in [0.1, 0.15) is 18.3 Å². The first-order valence-corrected chi connectivity index (χ1v) is 10.8. The van der Waals surface area contributed by atoms with Gasteiger partial charge in [-0.2, -0.15) is 0 Å². The van der Waals surface area contributed by atoms with Gasteiger partial charge >= 0.3 is 17.9 Å². The molecule has 0 aliphatic heterocycles. The van der Waals surface area contributed by atoms with Gasteiger partial charge in [0.15, 0.2) is 28.6 Å². The fourth-order valence-corrected chi connectivity index (χ4v) is 3.62. The van der Waals surface area contributed by atoms with E-state index >= 15 is 0 Å². The molecule has 0 unspecified atom stereocenters. The number of phenols is 4. The number of hydrogen-bond acceptors (Lipinski definition) is 11. The molecule has 0 amide bonds. The Morgan fingerprint density at radius 1 is 0.757 bits per heavy atom. The molecule has 1 saturated carbocycles. The molecule has 1 fully saturated rings. The number of aromatic hydroxyl groups is 4. The van der Waals surface area contributed by atoms with Crippen molar-refractivity contribution in [2.24, 2.45) is 0 Å². The van der Waals surface area contributed by atoms with Gasteiger partial charge in [-0.1, -0.05) is 12.1 Å². The van der Waals surface area contributed by atoms with Crippen LogP contribution in [0.4, 0.5) is 0 Å². The van der Waals surface area contributed by atoms with Crippen LogP contribution in [0.15, 0.2) is 48.6 Å². The van der Waals surface area contributed by atoms with Gasteiger partial charge < -0.3 is 45.2 Å². The lowest BCUT2D eigenvalue weighted by atomic mass is 9.79. The summed E-state index contributed by atoms with van der Waals surface area (Å²) in [5, 5.41) is 68.3. The Labute approximate surface area is 209 Å². The van der Waals surface area contributed by atoms with Crippen molar-refractivity contribution in [2.45, 2.75) is 36.8 Å². The summed E-state index contributed by atoms with van der Waals surface area (Å²) in [6, 6.07) is 7.49. The predicted molar refractivity (Wildman–Crippen MR) is 125 cm³/mol. The number of rotatable bonds is 7. The number of aliphatic hydroxyl groups is 2. The SMILES string of the molecule is O=C(/C=C/c1ccc(O)c(O)c1)O[C@@H]1CC(O)(C(=O)O)C[C@@H](OC(=O)/C=C/c2ccc(O)c(O)c2)C1O. The van der Waals surface area contributed by atoms with Crippen LogP contribution >= 0.6 is 0 Å². The molecule has 0 spiro atoms. The van der Waals surface area contributed by atoms with Crippen LogP contribution in [0, 0.1) is 0 Å². The summed E-state index contributed by atoms with van der Waals surface area (Å²) in [4.78, 5) is 36.2. The molecule has 0 radical (unpaired) electrons. The van der Waals surface area contributed by atoms with Crippen LogP contribution in [-0.2, 0) is 23.9 Å². The minimum atomic E-state index is -2.48. The van der Waals surface area contributed by atoms with Gasteiger partial charge in [-0.05, 0) is 47.5 Å². The second kappa shape index (κ2) is 11.0. The van der Waals surface area contributed by atoms with E-state index in [-0.39, 0.29) is 11.5 Å². The van der Waals surface area contributed by atoms with Gasteiger partial charge in [-0.15, -0.1) is 0 Å². The van der Waals surface area contributed by atoms with E-state index in [2.05, 4.69) is 0 Å². The van der Waals surface area contributed by atoms with Crippen molar-refractivity contribution < 1.29 is 59.6 Å². The molecule has 196 valence electrons. The van der Waals surface area contributed by atoms with E-state index in [1.165, 1.54) is 48.6 Å². The largest absolute Gasteiger partial charge is 0.504 e. The summed E-state index contributed by atoms with van der Waals surface area (Å²) in [6.45, 7) is 0. The highest BCUT2D eigenvalue weighted by Crippen LogP contribution is 2.33. The summed E-state index contributed by atoms with van der Waals surface area (Å²) < 4.78 is 10.2. The summed E-state index contributed by atoms with van der Waals surface area (Å²) in [7, 11) is 0.